The summed E-state index contributed by atoms with van der Waals surface area (Å²) in [5.41, 5.74) is 1.70. The van der Waals surface area contributed by atoms with Crippen LogP contribution < -0.4 is 10.5 Å². The van der Waals surface area contributed by atoms with E-state index in [1.165, 1.54) is 11.8 Å². The van der Waals surface area contributed by atoms with Crippen LogP contribution in [0.15, 0.2) is 28.0 Å². The Balaban J connectivity index is 1.59. The van der Waals surface area contributed by atoms with Gasteiger partial charge in [0.25, 0.3) is 11.5 Å². The summed E-state index contributed by atoms with van der Waals surface area (Å²) in [6.07, 6.45) is 5.29. The second-order valence-electron chi connectivity index (χ2n) is 9.13. The number of hydrogen-bond acceptors (Lipinski definition) is 8. The molecule has 5 rings (SSSR count). The SMILES string of the molecule is Cc1cccn2c(=O)c(/C=C3\SC(=S)N(C[C@@H]4CCCO4)C3=O)c(N3C[C@@H](C)O[C@H](C)C3)nc12. The fourth-order valence-corrected chi connectivity index (χ4v) is 6.06. The smallest absolute Gasteiger partial charge is 0.267 e. The zero-order valence-electron chi connectivity index (χ0n) is 19.5. The van der Waals surface area contributed by atoms with Crippen molar-refractivity contribution in [3.05, 3.63) is 44.7 Å². The van der Waals surface area contributed by atoms with Gasteiger partial charge in [0.15, 0.2) is 0 Å². The van der Waals surface area contributed by atoms with E-state index in [1.807, 2.05) is 32.9 Å². The molecule has 0 saturated carbocycles. The maximum absolute atomic E-state index is 13.7. The number of aromatic nitrogens is 2. The van der Waals surface area contributed by atoms with Gasteiger partial charge in [0.1, 0.15) is 15.8 Å². The Morgan fingerprint density at radius 1 is 1.26 bits per heavy atom. The zero-order valence-corrected chi connectivity index (χ0v) is 21.2. The number of thioether (sulfide) groups is 1. The molecule has 5 heterocycles. The summed E-state index contributed by atoms with van der Waals surface area (Å²) < 4.78 is 13.6. The number of carbonyl (C=O) groups is 1. The number of hydrogen-bond donors (Lipinski definition) is 0. The maximum atomic E-state index is 13.7. The van der Waals surface area contributed by atoms with E-state index in [9.17, 15) is 9.59 Å². The van der Waals surface area contributed by atoms with Crippen LogP contribution in [0.25, 0.3) is 11.7 Å². The summed E-state index contributed by atoms with van der Waals surface area (Å²) in [6.45, 7) is 8.34. The van der Waals surface area contributed by atoms with E-state index >= 15 is 0 Å². The van der Waals surface area contributed by atoms with E-state index in [1.54, 1.807) is 21.6 Å². The van der Waals surface area contributed by atoms with Crippen LogP contribution in [0.5, 0.6) is 0 Å². The quantitative estimate of drug-likeness (QED) is 0.469. The van der Waals surface area contributed by atoms with Crippen molar-refractivity contribution in [2.75, 3.05) is 31.1 Å². The van der Waals surface area contributed by atoms with Gasteiger partial charge >= 0.3 is 0 Å². The lowest BCUT2D eigenvalue weighted by Crippen LogP contribution is -2.46. The molecule has 0 bridgehead atoms. The highest BCUT2D eigenvalue weighted by Crippen LogP contribution is 2.35. The Morgan fingerprint density at radius 3 is 2.74 bits per heavy atom. The highest BCUT2D eigenvalue weighted by Gasteiger charge is 2.35. The Kier molecular flexibility index (Phi) is 6.49. The van der Waals surface area contributed by atoms with Gasteiger partial charge in [-0.05, 0) is 51.3 Å². The number of nitrogens with zero attached hydrogens (tertiary/aromatic N) is 4. The normalized spacial score (nSPS) is 26.9. The second-order valence-corrected chi connectivity index (χ2v) is 10.8. The lowest BCUT2D eigenvalue weighted by Gasteiger charge is -2.36. The van der Waals surface area contributed by atoms with Crippen LogP contribution in [0.3, 0.4) is 0 Å². The van der Waals surface area contributed by atoms with E-state index in [0.29, 0.717) is 52.5 Å². The third-order valence-electron chi connectivity index (χ3n) is 6.34. The van der Waals surface area contributed by atoms with Crippen molar-refractivity contribution >= 4 is 51.7 Å². The lowest BCUT2D eigenvalue weighted by molar-refractivity contribution is -0.123. The topological polar surface area (TPSA) is 76.4 Å². The molecular weight excluding hydrogens is 472 g/mol. The standard InChI is InChI=1S/C24H28N4O4S2/c1-14-6-4-8-27-20(14)25-21(26-11-15(2)32-16(3)12-26)18(22(27)29)10-19-23(30)28(24(33)34-19)13-17-7-5-9-31-17/h4,6,8,10,15-17H,5,7,9,11-13H2,1-3H3/b19-10-/t15-,16-,17+/m1/s1. The number of rotatable bonds is 4. The average Bonchev–Trinajstić information content (AvgIpc) is 3.39. The van der Waals surface area contributed by atoms with Crippen LogP contribution in [0.2, 0.25) is 0 Å². The highest BCUT2D eigenvalue weighted by atomic mass is 32.2. The zero-order chi connectivity index (χ0) is 24.0. The number of morpholine rings is 1. The van der Waals surface area contributed by atoms with Gasteiger partial charge in [0.2, 0.25) is 0 Å². The predicted octanol–water partition coefficient (Wildman–Crippen LogP) is 3.00. The number of pyridine rings is 1. The van der Waals surface area contributed by atoms with E-state index in [0.717, 1.165) is 18.4 Å². The Morgan fingerprint density at radius 2 is 2.03 bits per heavy atom. The first-order valence-corrected chi connectivity index (χ1v) is 12.8. The number of aryl methyl sites for hydroxylation is 1. The van der Waals surface area contributed by atoms with Crippen molar-refractivity contribution < 1.29 is 14.3 Å². The number of carbonyl (C=O) groups excluding carboxylic acids is 1. The molecule has 0 spiro atoms. The van der Waals surface area contributed by atoms with Crippen LogP contribution in [-0.2, 0) is 14.3 Å². The predicted molar refractivity (Wildman–Crippen MR) is 137 cm³/mol. The van der Waals surface area contributed by atoms with E-state index in [-0.39, 0.29) is 29.8 Å². The molecular formula is C24H28N4O4S2. The Labute approximate surface area is 207 Å². The van der Waals surface area contributed by atoms with Gasteiger partial charge in [-0.25, -0.2) is 4.98 Å². The van der Waals surface area contributed by atoms with E-state index in [4.69, 9.17) is 26.7 Å². The second kappa shape index (κ2) is 9.41. The molecule has 2 aromatic heterocycles. The largest absolute Gasteiger partial charge is 0.376 e. The van der Waals surface area contributed by atoms with Crippen molar-refractivity contribution in [3.8, 4) is 0 Å². The number of thiocarbonyl (C=S) groups is 1. The number of amides is 1. The van der Waals surface area contributed by atoms with Gasteiger partial charge in [-0.3, -0.25) is 18.9 Å². The molecule has 34 heavy (non-hydrogen) atoms. The fraction of sp³-hybridized carbons (Fsp3) is 0.500. The molecule has 3 saturated heterocycles. The first-order chi connectivity index (χ1) is 16.3. The van der Waals surface area contributed by atoms with Crippen molar-refractivity contribution in [3.63, 3.8) is 0 Å². The number of fused-ring (bicyclic) bond motifs is 1. The minimum atomic E-state index is -0.208. The summed E-state index contributed by atoms with van der Waals surface area (Å²) in [5, 5.41) is 0. The van der Waals surface area contributed by atoms with Crippen molar-refractivity contribution in [1.82, 2.24) is 14.3 Å². The van der Waals surface area contributed by atoms with Crippen LogP contribution in [0.4, 0.5) is 5.82 Å². The van der Waals surface area contributed by atoms with Crippen LogP contribution in [0.1, 0.15) is 37.8 Å². The summed E-state index contributed by atoms with van der Waals surface area (Å²) >= 11 is 6.73. The van der Waals surface area contributed by atoms with E-state index < -0.39 is 0 Å². The number of ether oxygens (including phenoxy) is 2. The minimum absolute atomic E-state index is 0.00153. The van der Waals surface area contributed by atoms with Crippen LogP contribution >= 0.6 is 24.0 Å². The third kappa shape index (κ3) is 4.39. The van der Waals surface area contributed by atoms with Gasteiger partial charge in [0.05, 0.1) is 35.3 Å². The first-order valence-electron chi connectivity index (χ1n) is 11.6. The highest BCUT2D eigenvalue weighted by molar-refractivity contribution is 8.26. The van der Waals surface area contributed by atoms with Gasteiger partial charge in [0, 0.05) is 25.9 Å². The maximum Gasteiger partial charge on any atom is 0.267 e. The third-order valence-corrected chi connectivity index (χ3v) is 7.72. The molecule has 180 valence electrons. The molecule has 3 aliphatic rings. The van der Waals surface area contributed by atoms with Crippen LogP contribution in [-0.4, -0.2) is 69.1 Å². The summed E-state index contributed by atoms with van der Waals surface area (Å²) in [4.78, 5) is 36.0. The minimum Gasteiger partial charge on any atom is -0.376 e. The van der Waals surface area contributed by atoms with Crippen molar-refractivity contribution in [2.45, 2.75) is 51.9 Å². The van der Waals surface area contributed by atoms with Crippen molar-refractivity contribution in [1.29, 1.82) is 0 Å². The monoisotopic (exact) mass is 500 g/mol. The lowest BCUT2D eigenvalue weighted by atomic mass is 10.1. The van der Waals surface area contributed by atoms with Crippen LogP contribution in [0, 0.1) is 6.92 Å². The number of anilines is 1. The molecule has 0 aromatic carbocycles. The molecule has 3 atom stereocenters. The van der Waals surface area contributed by atoms with Gasteiger partial charge < -0.3 is 14.4 Å². The van der Waals surface area contributed by atoms with E-state index in [2.05, 4.69) is 4.90 Å². The molecule has 0 N–H and O–H groups in total. The molecule has 1 amide bonds. The first kappa shape index (κ1) is 23.5. The Bertz CT molecular complexity index is 1230. The summed E-state index contributed by atoms with van der Waals surface area (Å²) in [7, 11) is 0. The fourth-order valence-electron chi connectivity index (χ4n) is 4.80. The average molecular weight is 501 g/mol. The van der Waals surface area contributed by atoms with Gasteiger partial charge in [-0.1, -0.05) is 30.0 Å². The molecule has 3 aliphatic heterocycles. The van der Waals surface area contributed by atoms with Crippen molar-refractivity contribution in [2.24, 2.45) is 0 Å². The molecule has 0 radical (unpaired) electrons. The molecule has 2 aromatic rings. The molecule has 10 heteroatoms. The molecule has 3 fully saturated rings. The Hall–Kier alpha value is -2.27. The van der Waals surface area contributed by atoms with Gasteiger partial charge in [-0.2, -0.15) is 0 Å². The molecule has 8 nitrogen and oxygen atoms in total. The molecule has 0 aliphatic carbocycles. The van der Waals surface area contributed by atoms with Gasteiger partial charge in [-0.15, -0.1) is 0 Å². The molecule has 0 unspecified atom stereocenters. The summed E-state index contributed by atoms with van der Waals surface area (Å²) in [5.74, 6) is 0.389. The summed E-state index contributed by atoms with van der Waals surface area (Å²) in [6, 6.07) is 3.76.